The van der Waals surface area contributed by atoms with Crippen LogP contribution in [0.15, 0.2) is 30.3 Å². The SMILES string of the molecule is Cl.O=C(OCCN1CCCC1)C(c1ccccc1)C1(O)CCCC1. The minimum Gasteiger partial charge on any atom is -0.464 e. The summed E-state index contributed by atoms with van der Waals surface area (Å²) in [6.45, 7) is 3.41. The molecule has 0 aromatic heterocycles. The van der Waals surface area contributed by atoms with Crippen molar-refractivity contribution in [1.82, 2.24) is 4.90 Å². The van der Waals surface area contributed by atoms with Crippen LogP contribution < -0.4 is 0 Å². The van der Waals surface area contributed by atoms with E-state index in [4.69, 9.17) is 4.74 Å². The molecule has 5 heteroatoms. The summed E-state index contributed by atoms with van der Waals surface area (Å²) in [7, 11) is 0. The first-order chi connectivity index (χ1) is 11.2. The summed E-state index contributed by atoms with van der Waals surface area (Å²) in [6.07, 6.45) is 5.77. The Hall–Kier alpha value is -1.10. The predicted molar refractivity (Wildman–Crippen MR) is 96.5 cm³/mol. The molecule has 1 aromatic rings. The van der Waals surface area contributed by atoms with E-state index in [2.05, 4.69) is 4.90 Å². The van der Waals surface area contributed by atoms with Gasteiger partial charge in [-0.3, -0.25) is 9.69 Å². The maximum absolute atomic E-state index is 12.7. The number of ether oxygens (including phenoxy) is 1. The molecule has 1 saturated heterocycles. The third kappa shape index (κ3) is 4.50. The minimum atomic E-state index is -0.952. The topological polar surface area (TPSA) is 49.8 Å². The normalized spacial score (nSPS) is 21.2. The maximum Gasteiger partial charge on any atom is 0.316 e. The van der Waals surface area contributed by atoms with Gasteiger partial charge in [-0.1, -0.05) is 43.2 Å². The van der Waals surface area contributed by atoms with E-state index < -0.39 is 11.5 Å². The summed E-state index contributed by atoms with van der Waals surface area (Å²) < 4.78 is 5.56. The highest BCUT2D eigenvalue weighted by Crippen LogP contribution is 2.42. The molecule has 1 saturated carbocycles. The largest absolute Gasteiger partial charge is 0.464 e. The van der Waals surface area contributed by atoms with E-state index in [0.717, 1.165) is 38.0 Å². The van der Waals surface area contributed by atoms with Gasteiger partial charge in [0.05, 0.1) is 5.60 Å². The lowest BCUT2D eigenvalue weighted by Crippen LogP contribution is -2.39. The molecule has 1 atom stereocenters. The molecule has 1 unspecified atom stereocenters. The van der Waals surface area contributed by atoms with E-state index in [1.807, 2.05) is 30.3 Å². The van der Waals surface area contributed by atoms with Crippen LogP contribution in [0.3, 0.4) is 0 Å². The van der Waals surface area contributed by atoms with E-state index >= 15 is 0 Å². The molecule has 0 bridgehead atoms. The summed E-state index contributed by atoms with van der Waals surface area (Å²) in [5.74, 6) is -0.843. The van der Waals surface area contributed by atoms with Crippen molar-refractivity contribution < 1.29 is 14.6 Å². The summed E-state index contributed by atoms with van der Waals surface area (Å²) in [5.41, 5.74) is -0.0883. The Morgan fingerprint density at radius 1 is 1.12 bits per heavy atom. The number of benzene rings is 1. The van der Waals surface area contributed by atoms with Gasteiger partial charge >= 0.3 is 5.97 Å². The van der Waals surface area contributed by atoms with Gasteiger partial charge in [0.1, 0.15) is 12.5 Å². The number of rotatable bonds is 6. The van der Waals surface area contributed by atoms with Crippen molar-refractivity contribution in [2.24, 2.45) is 0 Å². The van der Waals surface area contributed by atoms with Crippen LogP contribution in [0.25, 0.3) is 0 Å². The number of hydrogen-bond acceptors (Lipinski definition) is 4. The molecule has 24 heavy (non-hydrogen) atoms. The third-order valence-corrected chi connectivity index (χ3v) is 5.23. The highest BCUT2D eigenvalue weighted by atomic mass is 35.5. The zero-order valence-corrected chi connectivity index (χ0v) is 15.0. The lowest BCUT2D eigenvalue weighted by molar-refractivity contribution is -0.153. The molecule has 1 N–H and O–H groups in total. The number of carbonyl (C=O) groups is 1. The number of carbonyl (C=O) groups excluding carboxylic acids is 1. The van der Waals surface area contributed by atoms with E-state index in [1.165, 1.54) is 12.8 Å². The zero-order chi connectivity index (χ0) is 16.1. The lowest BCUT2D eigenvalue weighted by atomic mass is 9.81. The summed E-state index contributed by atoms with van der Waals surface area (Å²) in [4.78, 5) is 15.0. The molecule has 2 fully saturated rings. The Morgan fingerprint density at radius 3 is 2.38 bits per heavy atom. The average molecular weight is 354 g/mol. The molecule has 1 aliphatic heterocycles. The van der Waals surface area contributed by atoms with Crippen LogP contribution in [0.1, 0.15) is 50.0 Å². The van der Waals surface area contributed by atoms with Gasteiger partial charge in [0, 0.05) is 6.54 Å². The van der Waals surface area contributed by atoms with Gasteiger partial charge in [-0.05, 0) is 44.3 Å². The number of halogens is 1. The van der Waals surface area contributed by atoms with Crippen molar-refractivity contribution in [3.8, 4) is 0 Å². The monoisotopic (exact) mass is 353 g/mol. The van der Waals surface area contributed by atoms with Crippen molar-refractivity contribution in [2.45, 2.75) is 50.0 Å². The van der Waals surface area contributed by atoms with Gasteiger partial charge < -0.3 is 9.84 Å². The van der Waals surface area contributed by atoms with Crippen LogP contribution in [0, 0.1) is 0 Å². The quantitative estimate of drug-likeness (QED) is 0.798. The Labute approximate surface area is 150 Å². The zero-order valence-electron chi connectivity index (χ0n) is 14.2. The van der Waals surface area contributed by atoms with Crippen LogP contribution in [-0.4, -0.2) is 47.8 Å². The summed E-state index contributed by atoms with van der Waals surface area (Å²) >= 11 is 0. The summed E-state index contributed by atoms with van der Waals surface area (Å²) in [5, 5.41) is 11.0. The van der Waals surface area contributed by atoms with Crippen LogP contribution >= 0.6 is 12.4 Å². The Morgan fingerprint density at radius 2 is 1.75 bits per heavy atom. The molecule has 134 valence electrons. The lowest BCUT2D eigenvalue weighted by Gasteiger charge is -2.31. The fourth-order valence-electron chi connectivity index (χ4n) is 3.95. The highest BCUT2D eigenvalue weighted by molar-refractivity contribution is 5.85. The van der Waals surface area contributed by atoms with Crippen LogP contribution in [0.5, 0.6) is 0 Å². The molecule has 0 amide bonds. The van der Waals surface area contributed by atoms with Gasteiger partial charge in [0.2, 0.25) is 0 Å². The smallest absolute Gasteiger partial charge is 0.316 e. The first-order valence-electron chi connectivity index (χ1n) is 8.85. The van der Waals surface area contributed by atoms with E-state index in [1.54, 1.807) is 0 Å². The van der Waals surface area contributed by atoms with Crippen molar-refractivity contribution >= 4 is 18.4 Å². The first-order valence-corrected chi connectivity index (χ1v) is 8.85. The van der Waals surface area contributed by atoms with Crippen molar-refractivity contribution in [3.63, 3.8) is 0 Å². The van der Waals surface area contributed by atoms with Crippen LogP contribution in [-0.2, 0) is 9.53 Å². The van der Waals surface area contributed by atoms with Gasteiger partial charge in [-0.25, -0.2) is 0 Å². The number of nitrogens with zero attached hydrogens (tertiary/aromatic N) is 1. The number of esters is 1. The number of likely N-dealkylation sites (tertiary alicyclic amines) is 1. The van der Waals surface area contributed by atoms with Crippen molar-refractivity contribution in [1.29, 1.82) is 0 Å². The van der Waals surface area contributed by atoms with Crippen LogP contribution in [0.2, 0.25) is 0 Å². The van der Waals surface area contributed by atoms with Crippen molar-refractivity contribution in [3.05, 3.63) is 35.9 Å². The first kappa shape index (κ1) is 19.2. The molecule has 0 spiro atoms. The van der Waals surface area contributed by atoms with E-state index in [0.29, 0.717) is 19.4 Å². The fourth-order valence-corrected chi connectivity index (χ4v) is 3.95. The molecular formula is C19H28ClNO3. The molecule has 4 nitrogen and oxygen atoms in total. The standard InChI is InChI=1S/C19H27NO3.ClH/c21-18(23-15-14-20-12-6-7-13-20)17(16-8-2-1-3-9-16)19(22)10-4-5-11-19;/h1-3,8-9,17,22H,4-7,10-15H2;1H. The second-order valence-corrected chi connectivity index (χ2v) is 6.87. The van der Waals surface area contributed by atoms with Gasteiger partial charge in [-0.15, -0.1) is 12.4 Å². The second-order valence-electron chi connectivity index (χ2n) is 6.87. The molecule has 0 radical (unpaired) electrons. The summed E-state index contributed by atoms with van der Waals surface area (Å²) in [6, 6.07) is 9.60. The fraction of sp³-hybridized carbons (Fsp3) is 0.632. The molecule has 2 aliphatic rings. The van der Waals surface area contributed by atoms with Gasteiger partial charge in [0.15, 0.2) is 0 Å². The number of hydrogen-bond donors (Lipinski definition) is 1. The average Bonchev–Trinajstić information content (AvgIpc) is 3.21. The Balaban J connectivity index is 0.00000208. The van der Waals surface area contributed by atoms with Crippen LogP contribution in [0.4, 0.5) is 0 Å². The second kappa shape index (κ2) is 8.84. The molecule has 3 rings (SSSR count). The molecular weight excluding hydrogens is 326 g/mol. The molecule has 1 heterocycles. The van der Waals surface area contributed by atoms with E-state index in [9.17, 15) is 9.90 Å². The minimum absolute atomic E-state index is 0. The predicted octanol–water partition coefficient (Wildman–Crippen LogP) is 3.14. The Bertz CT molecular complexity index is 511. The Kier molecular flexibility index (Phi) is 7.08. The maximum atomic E-state index is 12.7. The number of aliphatic hydroxyl groups is 1. The highest BCUT2D eigenvalue weighted by Gasteiger charge is 2.45. The third-order valence-electron chi connectivity index (χ3n) is 5.23. The molecule has 1 aliphatic carbocycles. The van der Waals surface area contributed by atoms with Gasteiger partial charge in [-0.2, -0.15) is 0 Å². The molecule has 1 aromatic carbocycles. The van der Waals surface area contributed by atoms with E-state index in [-0.39, 0.29) is 18.4 Å². The van der Waals surface area contributed by atoms with Crippen molar-refractivity contribution in [2.75, 3.05) is 26.2 Å². The van der Waals surface area contributed by atoms with Gasteiger partial charge in [0.25, 0.3) is 0 Å².